The van der Waals surface area contributed by atoms with E-state index in [0.717, 1.165) is 20.6 Å². The summed E-state index contributed by atoms with van der Waals surface area (Å²) in [6.07, 6.45) is 0.293. The van der Waals surface area contributed by atoms with Gasteiger partial charge in [0.25, 0.3) is 0 Å². The molecule has 0 atom stereocenters. The molecule has 0 fully saturated rings. The number of halogens is 2. The zero-order valence-corrected chi connectivity index (χ0v) is 14.8. The van der Waals surface area contributed by atoms with Crippen LogP contribution in [0.2, 0.25) is 5.02 Å². The topological polar surface area (TPSA) is 44.9 Å². The molecule has 0 aliphatic rings. The van der Waals surface area contributed by atoms with Gasteiger partial charge in [-0.25, -0.2) is 0 Å². The lowest BCUT2D eigenvalue weighted by atomic mass is 10.2. The summed E-state index contributed by atoms with van der Waals surface area (Å²) in [5, 5.41) is 3.47. The first-order valence-corrected chi connectivity index (χ1v) is 8.20. The van der Waals surface area contributed by atoms with E-state index in [9.17, 15) is 4.79 Å². The molecule has 1 heterocycles. The van der Waals surface area contributed by atoms with E-state index < -0.39 is 0 Å². The van der Waals surface area contributed by atoms with Gasteiger partial charge in [-0.3, -0.25) is 4.79 Å². The van der Waals surface area contributed by atoms with Crippen molar-refractivity contribution < 1.29 is 4.79 Å². The van der Waals surface area contributed by atoms with Crippen LogP contribution in [0.5, 0.6) is 0 Å². The van der Waals surface area contributed by atoms with Gasteiger partial charge in [-0.1, -0.05) is 11.6 Å². The minimum atomic E-state index is -0.0982. The third kappa shape index (κ3) is 3.69. The molecule has 2 rings (SSSR count). The summed E-state index contributed by atoms with van der Waals surface area (Å²) in [5.74, 6) is -0.0982. The molecule has 0 aliphatic carbocycles. The smallest absolute Gasteiger partial charge is 0.229 e. The summed E-state index contributed by atoms with van der Waals surface area (Å²) in [6.45, 7) is 3.82. The van der Waals surface area contributed by atoms with E-state index in [1.165, 1.54) is 11.3 Å². The number of aromatic nitrogens is 1. The number of anilines is 1. The third-order valence-corrected chi connectivity index (χ3v) is 5.17. The fourth-order valence-corrected chi connectivity index (χ4v) is 3.70. The Morgan fingerprint density at radius 3 is 2.80 bits per heavy atom. The van der Waals surface area contributed by atoms with Crippen molar-refractivity contribution in [3.8, 4) is 0 Å². The summed E-state index contributed by atoms with van der Waals surface area (Å²) in [6, 6.07) is 3.62. The number of carbonyl (C=O) groups is 1. The van der Waals surface area contributed by atoms with Gasteiger partial charge in [0.15, 0.2) is 3.95 Å². The highest BCUT2D eigenvalue weighted by atomic mass is 79.9. The molecule has 7 heteroatoms. The Hall–Kier alpha value is -0.690. The van der Waals surface area contributed by atoms with Crippen molar-refractivity contribution in [3.05, 3.63) is 41.7 Å². The number of thiazole rings is 1. The van der Waals surface area contributed by atoms with Crippen LogP contribution in [0, 0.1) is 17.8 Å². The van der Waals surface area contributed by atoms with Crippen molar-refractivity contribution in [1.29, 1.82) is 0 Å². The van der Waals surface area contributed by atoms with E-state index in [1.807, 2.05) is 19.9 Å². The van der Waals surface area contributed by atoms with Crippen LogP contribution in [0.4, 0.5) is 5.69 Å². The number of carbonyl (C=O) groups excluding carboxylic acids is 1. The van der Waals surface area contributed by atoms with Crippen molar-refractivity contribution >= 4 is 62.7 Å². The monoisotopic (exact) mass is 390 g/mol. The van der Waals surface area contributed by atoms with Crippen molar-refractivity contribution in [3.63, 3.8) is 0 Å². The van der Waals surface area contributed by atoms with Crippen LogP contribution in [-0.4, -0.2) is 10.9 Å². The molecule has 0 spiro atoms. The van der Waals surface area contributed by atoms with Gasteiger partial charge in [-0.2, -0.15) is 0 Å². The van der Waals surface area contributed by atoms with Gasteiger partial charge in [0, 0.05) is 20.1 Å². The quantitative estimate of drug-likeness (QED) is 0.722. The van der Waals surface area contributed by atoms with Crippen molar-refractivity contribution in [2.24, 2.45) is 0 Å². The Labute approximate surface area is 139 Å². The molecule has 0 saturated heterocycles. The summed E-state index contributed by atoms with van der Waals surface area (Å²) < 4.78 is 1.50. The Kier molecular flexibility index (Phi) is 5.01. The third-order valence-electron chi connectivity index (χ3n) is 2.77. The minimum Gasteiger partial charge on any atom is -0.341 e. The molecule has 2 aromatic rings. The Morgan fingerprint density at radius 2 is 2.20 bits per heavy atom. The first-order chi connectivity index (χ1) is 9.36. The van der Waals surface area contributed by atoms with E-state index in [-0.39, 0.29) is 5.91 Å². The molecular weight excluding hydrogens is 380 g/mol. The van der Waals surface area contributed by atoms with Crippen LogP contribution in [0.25, 0.3) is 0 Å². The molecular formula is C13H12BrClN2OS2. The van der Waals surface area contributed by atoms with Crippen LogP contribution >= 0.6 is 51.1 Å². The van der Waals surface area contributed by atoms with Gasteiger partial charge in [-0.05, 0) is 59.7 Å². The molecule has 0 bridgehead atoms. The largest absolute Gasteiger partial charge is 0.341 e. The number of rotatable bonds is 3. The van der Waals surface area contributed by atoms with Gasteiger partial charge in [-0.15, -0.1) is 11.3 Å². The van der Waals surface area contributed by atoms with Crippen molar-refractivity contribution in [2.75, 3.05) is 5.32 Å². The van der Waals surface area contributed by atoms with Crippen LogP contribution < -0.4 is 5.32 Å². The molecule has 0 aliphatic heterocycles. The maximum Gasteiger partial charge on any atom is 0.229 e. The van der Waals surface area contributed by atoms with Crippen LogP contribution in [0.1, 0.15) is 16.1 Å². The van der Waals surface area contributed by atoms with Gasteiger partial charge in [0.2, 0.25) is 5.91 Å². The highest BCUT2D eigenvalue weighted by molar-refractivity contribution is 9.10. The number of amides is 1. The molecule has 0 radical (unpaired) electrons. The molecule has 2 N–H and O–H groups in total. The van der Waals surface area contributed by atoms with Crippen LogP contribution in [-0.2, 0) is 11.2 Å². The molecule has 20 heavy (non-hydrogen) atoms. The van der Waals surface area contributed by atoms with Gasteiger partial charge < -0.3 is 10.3 Å². The summed E-state index contributed by atoms with van der Waals surface area (Å²) in [5.41, 5.74) is 2.56. The normalized spacial score (nSPS) is 10.6. The Balaban J connectivity index is 2.14. The highest BCUT2D eigenvalue weighted by Crippen LogP contribution is 2.29. The van der Waals surface area contributed by atoms with Crippen LogP contribution in [0.15, 0.2) is 16.6 Å². The van der Waals surface area contributed by atoms with E-state index in [0.29, 0.717) is 21.1 Å². The zero-order valence-electron chi connectivity index (χ0n) is 10.8. The van der Waals surface area contributed by atoms with Crippen LogP contribution in [0.3, 0.4) is 0 Å². The second-order valence-corrected chi connectivity index (χ2v) is 7.40. The van der Waals surface area contributed by atoms with Crippen molar-refractivity contribution in [2.45, 2.75) is 20.3 Å². The number of hydrogen-bond donors (Lipinski definition) is 2. The summed E-state index contributed by atoms with van der Waals surface area (Å²) in [4.78, 5) is 16.0. The van der Waals surface area contributed by atoms with Gasteiger partial charge >= 0.3 is 0 Å². The number of benzene rings is 1. The minimum absolute atomic E-state index is 0.0982. The molecule has 1 amide bonds. The molecule has 1 aromatic heterocycles. The highest BCUT2D eigenvalue weighted by Gasteiger charge is 2.11. The number of aryl methyl sites for hydroxylation is 2. The predicted octanol–water partition coefficient (Wildman–Crippen LogP) is 5.02. The SMILES string of the molecule is Cc1cc(Br)c(NC(=O)Cc2sc(=S)[nH]c2C)cc1Cl. The Bertz CT molecular complexity index is 724. The molecule has 0 unspecified atom stereocenters. The first-order valence-electron chi connectivity index (χ1n) is 5.81. The fraction of sp³-hybridized carbons (Fsp3) is 0.231. The van der Waals surface area contributed by atoms with Gasteiger partial charge in [0.1, 0.15) is 0 Å². The molecule has 0 saturated carbocycles. The average Bonchev–Trinajstić information content (AvgIpc) is 2.64. The van der Waals surface area contributed by atoms with E-state index in [1.54, 1.807) is 6.07 Å². The standard InChI is InChI=1S/C13H12BrClN2OS2/c1-6-3-8(14)10(4-9(6)15)17-12(18)5-11-7(2)16-13(19)20-11/h3-4H,5H2,1-2H3,(H,16,19)(H,17,18). The lowest BCUT2D eigenvalue weighted by Crippen LogP contribution is -2.14. The average molecular weight is 392 g/mol. The first kappa shape index (κ1) is 15.7. The number of hydrogen-bond acceptors (Lipinski definition) is 3. The van der Waals surface area contributed by atoms with E-state index >= 15 is 0 Å². The molecule has 106 valence electrons. The summed E-state index contributed by atoms with van der Waals surface area (Å²) >= 11 is 16.0. The second-order valence-electron chi connectivity index (χ2n) is 4.37. The van der Waals surface area contributed by atoms with Gasteiger partial charge in [0.05, 0.1) is 12.1 Å². The summed E-state index contributed by atoms with van der Waals surface area (Å²) in [7, 11) is 0. The number of nitrogens with one attached hydrogen (secondary N) is 2. The number of H-pyrrole nitrogens is 1. The van der Waals surface area contributed by atoms with E-state index in [4.69, 9.17) is 23.8 Å². The maximum atomic E-state index is 12.1. The maximum absolute atomic E-state index is 12.1. The molecule has 3 nitrogen and oxygen atoms in total. The Morgan fingerprint density at radius 1 is 1.50 bits per heavy atom. The van der Waals surface area contributed by atoms with E-state index in [2.05, 4.69) is 26.2 Å². The van der Waals surface area contributed by atoms with Crippen molar-refractivity contribution in [1.82, 2.24) is 4.98 Å². The predicted molar refractivity (Wildman–Crippen MR) is 90.5 cm³/mol. The number of aromatic amines is 1. The molecule has 1 aromatic carbocycles. The lowest BCUT2D eigenvalue weighted by Gasteiger charge is -2.09. The lowest BCUT2D eigenvalue weighted by molar-refractivity contribution is -0.115. The zero-order chi connectivity index (χ0) is 14.9. The second kappa shape index (κ2) is 6.39. The fourth-order valence-electron chi connectivity index (χ4n) is 1.69.